The molecule has 6 heteroatoms. The largest absolute Gasteiger partial charge is 0.497 e. The second kappa shape index (κ2) is 6.99. The molecule has 0 saturated heterocycles. The molecule has 0 unspecified atom stereocenters. The smallest absolute Gasteiger partial charge is 0.256 e. The monoisotopic (exact) mass is 400 g/mol. The number of methoxy groups -OCH3 is 2. The van der Waals surface area contributed by atoms with E-state index in [9.17, 15) is 4.79 Å². The zero-order valence-electron chi connectivity index (χ0n) is 17.1. The van der Waals surface area contributed by atoms with Gasteiger partial charge in [0.2, 0.25) is 0 Å². The average Bonchev–Trinajstić information content (AvgIpc) is 3.04. The summed E-state index contributed by atoms with van der Waals surface area (Å²) < 4.78 is 10.9. The van der Waals surface area contributed by atoms with Gasteiger partial charge in [-0.1, -0.05) is 20.8 Å². The van der Waals surface area contributed by atoms with Crippen LogP contribution in [-0.4, -0.2) is 20.1 Å². The third-order valence-electron chi connectivity index (χ3n) is 6.02. The van der Waals surface area contributed by atoms with Crippen LogP contribution in [0.4, 0.5) is 5.00 Å². The van der Waals surface area contributed by atoms with Crippen molar-refractivity contribution in [3.05, 3.63) is 39.8 Å². The predicted octanol–water partition coefficient (Wildman–Crippen LogP) is 4.77. The number of thiophene rings is 1. The topological polar surface area (TPSA) is 59.6 Å². The van der Waals surface area contributed by atoms with Crippen molar-refractivity contribution in [1.82, 2.24) is 5.32 Å². The SMILES string of the molecule is COc1ccc(OC)c([C@@H]2NC(=O)c3c(sc4c3CC[C@@H](C(C)(C)C)C4)N2)c1. The molecule has 2 atom stereocenters. The molecule has 1 aliphatic heterocycles. The van der Waals surface area contributed by atoms with Gasteiger partial charge < -0.3 is 20.1 Å². The molecule has 28 heavy (non-hydrogen) atoms. The molecule has 0 spiro atoms. The number of anilines is 1. The predicted molar refractivity (Wildman–Crippen MR) is 113 cm³/mol. The summed E-state index contributed by atoms with van der Waals surface area (Å²) in [6, 6.07) is 5.63. The second-order valence-electron chi connectivity index (χ2n) is 8.67. The zero-order valence-corrected chi connectivity index (χ0v) is 18.0. The Labute approximate surface area is 170 Å². The minimum Gasteiger partial charge on any atom is -0.497 e. The van der Waals surface area contributed by atoms with Crippen LogP contribution in [0.5, 0.6) is 11.5 Å². The fourth-order valence-corrected chi connectivity index (χ4v) is 5.61. The van der Waals surface area contributed by atoms with Crippen molar-refractivity contribution in [2.45, 2.75) is 46.2 Å². The van der Waals surface area contributed by atoms with Gasteiger partial charge in [0, 0.05) is 10.4 Å². The van der Waals surface area contributed by atoms with Crippen LogP contribution in [0, 0.1) is 11.3 Å². The fourth-order valence-electron chi connectivity index (χ4n) is 4.26. The van der Waals surface area contributed by atoms with Crippen molar-refractivity contribution in [1.29, 1.82) is 0 Å². The summed E-state index contributed by atoms with van der Waals surface area (Å²) in [6.45, 7) is 6.94. The van der Waals surface area contributed by atoms with E-state index >= 15 is 0 Å². The minimum absolute atomic E-state index is 0.00432. The summed E-state index contributed by atoms with van der Waals surface area (Å²) in [7, 11) is 3.27. The molecule has 5 nitrogen and oxygen atoms in total. The highest BCUT2D eigenvalue weighted by Gasteiger charge is 2.37. The van der Waals surface area contributed by atoms with E-state index in [1.54, 1.807) is 25.6 Å². The molecule has 1 aromatic carbocycles. The number of hydrogen-bond acceptors (Lipinski definition) is 5. The lowest BCUT2D eigenvalue weighted by Gasteiger charge is -2.34. The Morgan fingerprint density at radius 2 is 1.93 bits per heavy atom. The van der Waals surface area contributed by atoms with Crippen LogP contribution in [0.15, 0.2) is 18.2 Å². The Balaban J connectivity index is 1.67. The highest BCUT2D eigenvalue weighted by atomic mass is 32.1. The van der Waals surface area contributed by atoms with Crippen molar-refractivity contribution >= 4 is 22.2 Å². The molecule has 2 aromatic rings. The molecule has 4 rings (SSSR count). The number of fused-ring (bicyclic) bond motifs is 3. The van der Waals surface area contributed by atoms with Gasteiger partial charge in [-0.05, 0) is 54.4 Å². The number of nitrogens with one attached hydrogen (secondary N) is 2. The molecule has 1 amide bonds. The second-order valence-corrected chi connectivity index (χ2v) is 9.78. The Morgan fingerprint density at radius 3 is 2.61 bits per heavy atom. The first kappa shape index (κ1) is 19.1. The average molecular weight is 401 g/mol. The first-order chi connectivity index (χ1) is 13.3. The third kappa shape index (κ3) is 3.24. The van der Waals surface area contributed by atoms with Gasteiger partial charge in [0.15, 0.2) is 0 Å². The lowest BCUT2D eigenvalue weighted by Crippen LogP contribution is -2.38. The number of hydrogen-bond donors (Lipinski definition) is 2. The van der Waals surface area contributed by atoms with E-state index in [4.69, 9.17) is 9.47 Å². The van der Waals surface area contributed by atoms with E-state index in [0.29, 0.717) is 5.92 Å². The van der Waals surface area contributed by atoms with E-state index in [0.717, 1.165) is 46.9 Å². The van der Waals surface area contributed by atoms with Gasteiger partial charge >= 0.3 is 0 Å². The maximum atomic E-state index is 13.0. The molecule has 0 bridgehead atoms. The van der Waals surface area contributed by atoms with Crippen LogP contribution in [-0.2, 0) is 12.8 Å². The summed E-state index contributed by atoms with van der Waals surface area (Å²) in [5, 5.41) is 7.62. The Morgan fingerprint density at radius 1 is 1.14 bits per heavy atom. The molecule has 0 fully saturated rings. The summed E-state index contributed by atoms with van der Waals surface area (Å²) in [6.07, 6.45) is 2.83. The van der Waals surface area contributed by atoms with Crippen molar-refractivity contribution < 1.29 is 14.3 Å². The number of carbonyl (C=O) groups excluding carboxylic acids is 1. The molecule has 0 saturated carbocycles. The van der Waals surface area contributed by atoms with Gasteiger partial charge in [-0.2, -0.15) is 0 Å². The fraction of sp³-hybridized carbons (Fsp3) is 0.500. The van der Waals surface area contributed by atoms with Crippen LogP contribution < -0.4 is 20.1 Å². The Kier molecular flexibility index (Phi) is 4.78. The van der Waals surface area contributed by atoms with Gasteiger partial charge in [-0.3, -0.25) is 4.79 Å². The number of rotatable bonds is 3. The Hall–Kier alpha value is -2.21. The molecule has 0 radical (unpaired) electrons. The first-order valence-electron chi connectivity index (χ1n) is 9.75. The van der Waals surface area contributed by atoms with Gasteiger partial charge in [0.1, 0.15) is 22.7 Å². The van der Waals surface area contributed by atoms with Crippen molar-refractivity contribution in [3.63, 3.8) is 0 Å². The van der Waals surface area contributed by atoms with Crippen LogP contribution in [0.25, 0.3) is 0 Å². The van der Waals surface area contributed by atoms with E-state index in [1.807, 2.05) is 18.2 Å². The highest BCUT2D eigenvalue weighted by Crippen LogP contribution is 2.46. The molecule has 150 valence electrons. The number of ether oxygens (including phenoxy) is 2. The van der Waals surface area contributed by atoms with Crippen molar-refractivity contribution in [2.75, 3.05) is 19.5 Å². The van der Waals surface area contributed by atoms with Crippen molar-refractivity contribution in [2.24, 2.45) is 11.3 Å². The van der Waals surface area contributed by atoms with E-state index in [-0.39, 0.29) is 17.5 Å². The molecule has 2 N–H and O–H groups in total. The third-order valence-corrected chi connectivity index (χ3v) is 7.20. The molecule has 2 aliphatic rings. The summed E-state index contributed by atoms with van der Waals surface area (Å²) in [4.78, 5) is 14.4. The van der Waals surface area contributed by atoms with Crippen LogP contribution in [0.2, 0.25) is 0 Å². The lowest BCUT2D eigenvalue weighted by molar-refractivity contribution is 0.0934. The molecular formula is C22H28N2O3S. The van der Waals surface area contributed by atoms with Gasteiger partial charge in [0.05, 0.1) is 19.8 Å². The number of amides is 1. The highest BCUT2D eigenvalue weighted by molar-refractivity contribution is 7.16. The first-order valence-corrected chi connectivity index (χ1v) is 10.6. The summed E-state index contributed by atoms with van der Waals surface area (Å²) in [5.41, 5.74) is 3.22. The standard InChI is InChI=1S/C22H28N2O3S/c1-22(2,3)12-6-8-14-17(10-12)28-21-18(14)20(25)23-19(24-21)15-11-13(26-4)7-9-16(15)27-5/h7,9,11-12,19,24H,6,8,10H2,1-5H3,(H,23,25)/t12-,19-/m1/s1. The van der Waals surface area contributed by atoms with Gasteiger partial charge in [-0.25, -0.2) is 0 Å². The van der Waals surface area contributed by atoms with Crippen LogP contribution in [0.1, 0.15) is 59.7 Å². The van der Waals surface area contributed by atoms with E-state index < -0.39 is 0 Å². The molecular weight excluding hydrogens is 372 g/mol. The normalized spacial score (nSPS) is 21.2. The van der Waals surface area contributed by atoms with Crippen LogP contribution in [0.3, 0.4) is 0 Å². The molecule has 2 heterocycles. The molecule has 1 aliphatic carbocycles. The van der Waals surface area contributed by atoms with Gasteiger partial charge in [-0.15, -0.1) is 11.3 Å². The maximum Gasteiger partial charge on any atom is 0.256 e. The number of benzene rings is 1. The van der Waals surface area contributed by atoms with Crippen LogP contribution >= 0.6 is 11.3 Å². The van der Waals surface area contributed by atoms with E-state index in [2.05, 4.69) is 31.4 Å². The number of carbonyl (C=O) groups is 1. The summed E-state index contributed by atoms with van der Waals surface area (Å²) >= 11 is 1.74. The zero-order chi connectivity index (χ0) is 20.1. The Bertz CT molecular complexity index is 913. The van der Waals surface area contributed by atoms with E-state index in [1.165, 1.54) is 10.4 Å². The summed E-state index contributed by atoms with van der Waals surface area (Å²) in [5.74, 6) is 2.10. The molecule has 1 aromatic heterocycles. The lowest BCUT2D eigenvalue weighted by atomic mass is 9.72. The van der Waals surface area contributed by atoms with Crippen molar-refractivity contribution in [3.8, 4) is 11.5 Å². The minimum atomic E-state index is -0.344. The maximum absolute atomic E-state index is 13.0. The van der Waals surface area contributed by atoms with Gasteiger partial charge in [0.25, 0.3) is 5.91 Å². The quantitative estimate of drug-likeness (QED) is 0.779.